The zero-order valence-corrected chi connectivity index (χ0v) is 12.4. The van der Waals surface area contributed by atoms with E-state index in [-0.39, 0.29) is 0 Å². The minimum absolute atomic E-state index is 0.350. The molecule has 112 valence electrons. The number of aryl methyl sites for hydroxylation is 2. The van der Waals surface area contributed by atoms with Crippen molar-refractivity contribution in [1.29, 1.82) is 0 Å². The van der Waals surface area contributed by atoms with Gasteiger partial charge in [0.15, 0.2) is 0 Å². The molecule has 3 nitrogen and oxygen atoms in total. The molecule has 0 unspecified atom stereocenters. The van der Waals surface area contributed by atoms with E-state index in [9.17, 15) is 14.3 Å². The van der Waals surface area contributed by atoms with Crippen LogP contribution in [0.15, 0.2) is 18.2 Å². The predicted molar refractivity (Wildman–Crippen MR) is 80.0 cm³/mol. The molecule has 1 aliphatic carbocycles. The van der Waals surface area contributed by atoms with Gasteiger partial charge in [-0.05, 0) is 38.0 Å². The predicted octanol–water partition coefficient (Wildman–Crippen LogP) is 3.91. The van der Waals surface area contributed by atoms with E-state index in [2.05, 4.69) is 0 Å². The van der Waals surface area contributed by atoms with E-state index in [1.54, 1.807) is 6.07 Å². The van der Waals surface area contributed by atoms with Crippen molar-refractivity contribution in [3.63, 3.8) is 0 Å². The first-order chi connectivity index (χ1) is 9.95. The van der Waals surface area contributed by atoms with Crippen molar-refractivity contribution >= 4 is 16.9 Å². The Morgan fingerprint density at radius 2 is 1.90 bits per heavy atom. The van der Waals surface area contributed by atoms with Gasteiger partial charge in [0.1, 0.15) is 5.82 Å². The van der Waals surface area contributed by atoms with E-state index in [1.807, 2.05) is 24.6 Å². The Bertz CT molecular complexity index is 711. The number of carboxylic acids is 1. The first kappa shape index (κ1) is 14.1. The summed E-state index contributed by atoms with van der Waals surface area (Å²) in [4.78, 5) is 11.9. The van der Waals surface area contributed by atoms with Crippen molar-refractivity contribution in [2.75, 3.05) is 0 Å². The van der Waals surface area contributed by atoms with Gasteiger partial charge in [-0.3, -0.25) is 4.79 Å². The number of rotatable bonds is 2. The molecule has 1 fully saturated rings. The van der Waals surface area contributed by atoms with Crippen molar-refractivity contribution < 1.29 is 14.3 Å². The standard InChI is InChI=1S/C17H20FNO2/c1-11-8-12-9-14(18)13(10-15(12)19(11)2)17(16(20)21)6-4-3-5-7-17/h8-10H,3-7H2,1-2H3,(H,20,21). The van der Waals surface area contributed by atoms with Crippen LogP contribution in [0.2, 0.25) is 0 Å². The summed E-state index contributed by atoms with van der Waals surface area (Å²) >= 11 is 0. The molecular formula is C17H20FNO2. The van der Waals surface area contributed by atoms with Gasteiger partial charge in [0.2, 0.25) is 0 Å². The zero-order valence-electron chi connectivity index (χ0n) is 12.4. The molecule has 1 aromatic carbocycles. The minimum Gasteiger partial charge on any atom is -0.481 e. The highest BCUT2D eigenvalue weighted by molar-refractivity contribution is 5.87. The Labute approximate surface area is 123 Å². The van der Waals surface area contributed by atoms with Crippen LogP contribution in [0.3, 0.4) is 0 Å². The fourth-order valence-corrected chi connectivity index (χ4v) is 3.62. The summed E-state index contributed by atoms with van der Waals surface area (Å²) in [7, 11) is 1.92. The summed E-state index contributed by atoms with van der Waals surface area (Å²) in [5.74, 6) is -1.29. The molecule has 0 amide bonds. The molecule has 3 rings (SSSR count). The van der Waals surface area contributed by atoms with Crippen molar-refractivity contribution in [3.05, 3.63) is 35.3 Å². The summed E-state index contributed by atoms with van der Waals surface area (Å²) in [6.45, 7) is 1.96. The number of carboxylic acid groups (broad SMARTS) is 1. The lowest BCUT2D eigenvalue weighted by molar-refractivity contribution is -0.145. The average molecular weight is 289 g/mol. The van der Waals surface area contributed by atoms with Crippen LogP contribution in [0.1, 0.15) is 43.4 Å². The summed E-state index contributed by atoms with van der Waals surface area (Å²) < 4.78 is 16.6. The molecule has 1 aromatic heterocycles. The maximum absolute atomic E-state index is 14.6. The molecular weight excluding hydrogens is 269 g/mol. The largest absolute Gasteiger partial charge is 0.481 e. The number of aromatic nitrogens is 1. The Morgan fingerprint density at radius 3 is 2.52 bits per heavy atom. The number of halogens is 1. The number of benzene rings is 1. The van der Waals surface area contributed by atoms with Crippen LogP contribution in [0, 0.1) is 12.7 Å². The third-order valence-electron chi connectivity index (χ3n) is 5.00. The fraction of sp³-hybridized carbons (Fsp3) is 0.471. The second-order valence-electron chi connectivity index (χ2n) is 6.18. The van der Waals surface area contributed by atoms with Crippen LogP contribution in [0.4, 0.5) is 4.39 Å². The Kier molecular flexibility index (Phi) is 3.27. The van der Waals surface area contributed by atoms with Crippen LogP contribution >= 0.6 is 0 Å². The number of nitrogens with zero attached hydrogens (tertiary/aromatic N) is 1. The Hall–Kier alpha value is -1.84. The van der Waals surface area contributed by atoms with E-state index < -0.39 is 17.2 Å². The number of fused-ring (bicyclic) bond motifs is 1. The first-order valence-corrected chi connectivity index (χ1v) is 7.45. The van der Waals surface area contributed by atoms with Gasteiger partial charge < -0.3 is 9.67 Å². The second kappa shape index (κ2) is 4.86. The van der Waals surface area contributed by atoms with Gasteiger partial charge in [-0.15, -0.1) is 0 Å². The number of hydrogen-bond acceptors (Lipinski definition) is 1. The quantitative estimate of drug-likeness (QED) is 0.910. The first-order valence-electron chi connectivity index (χ1n) is 7.45. The summed E-state index contributed by atoms with van der Waals surface area (Å²) in [6, 6.07) is 5.16. The van der Waals surface area contributed by atoms with Gasteiger partial charge in [-0.25, -0.2) is 4.39 Å². The lowest BCUT2D eigenvalue weighted by atomic mass is 9.69. The molecule has 0 spiro atoms. The molecule has 21 heavy (non-hydrogen) atoms. The lowest BCUT2D eigenvalue weighted by Gasteiger charge is -2.34. The second-order valence-corrected chi connectivity index (χ2v) is 6.18. The van der Waals surface area contributed by atoms with Crippen LogP contribution in [0.25, 0.3) is 10.9 Å². The van der Waals surface area contributed by atoms with Crippen LogP contribution in [-0.4, -0.2) is 15.6 Å². The molecule has 0 saturated heterocycles. The van der Waals surface area contributed by atoms with Gasteiger partial charge >= 0.3 is 5.97 Å². The van der Waals surface area contributed by atoms with Crippen LogP contribution in [0.5, 0.6) is 0 Å². The molecule has 1 aliphatic rings. The lowest BCUT2D eigenvalue weighted by Crippen LogP contribution is -2.38. The van der Waals surface area contributed by atoms with Gasteiger partial charge in [0.05, 0.1) is 5.41 Å². The summed E-state index contributed by atoms with van der Waals surface area (Å²) in [6.07, 6.45) is 3.76. The van der Waals surface area contributed by atoms with E-state index in [0.29, 0.717) is 18.4 Å². The van der Waals surface area contributed by atoms with E-state index in [4.69, 9.17) is 0 Å². The van der Waals surface area contributed by atoms with Crippen LogP contribution < -0.4 is 0 Å². The zero-order chi connectivity index (χ0) is 15.2. The van der Waals surface area contributed by atoms with Gasteiger partial charge in [0, 0.05) is 29.2 Å². The van der Waals surface area contributed by atoms with Crippen molar-refractivity contribution in [2.24, 2.45) is 7.05 Å². The molecule has 1 N–H and O–H groups in total. The third-order valence-corrected chi connectivity index (χ3v) is 5.00. The number of hydrogen-bond donors (Lipinski definition) is 1. The highest BCUT2D eigenvalue weighted by Crippen LogP contribution is 2.42. The molecule has 0 bridgehead atoms. The molecule has 2 aromatic rings. The van der Waals surface area contributed by atoms with Crippen molar-refractivity contribution in [1.82, 2.24) is 4.57 Å². The summed E-state index contributed by atoms with van der Waals surface area (Å²) in [5.41, 5.74) is 1.22. The maximum atomic E-state index is 14.6. The molecule has 0 radical (unpaired) electrons. The van der Waals surface area contributed by atoms with Crippen molar-refractivity contribution in [2.45, 2.75) is 44.4 Å². The van der Waals surface area contributed by atoms with E-state index in [1.165, 1.54) is 6.07 Å². The monoisotopic (exact) mass is 289 g/mol. The average Bonchev–Trinajstić information content (AvgIpc) is 2.73. The Balaban J connectivity index is 2.24. The SMILES string of the molecule is Cc1cc2cc(F)c(C3(C(=O)O)CCCCC3)cc2n1C. The Morgan fingerprint density at radius 1 is 1.24 bits per heavy atom. The summed E-state index contributed by atoms with van der Waals surface area (Å²) in [5, 5.41) is 10.6. The van der Waals surface area contributed by atoms with Gasteiger partial charge in [0.25, 0.3) is 0 Å². The maximum Gasteiger partial charge on any atom is 0.314 e. The van der Waals surface area contributed by atoms with E-state index >= 15 is 0 Å². The molecule has 1 heterocycles. The molecule has 1 saturated carbocycles. The number of aliphatic carboxylic acids is 1. The molecule has 0 atom stereocenters. The van der Waals surface area contributed by atoms with Gasteiger partial charge in [-0.1, -0.05) is 19.3 Å². The van der Waals surface area contributed by atoms with Gasteiger partial charge in [-0.2, -0.15) is 0 Å². The minimum atomic E-state index is -1.06. The third kappa shape index (κ3) is 2.04. The normalized spacial score (nSPS) is 18.0. The number of carbonyl (C=O) groups is 1. The van der Waals surface area contributed by atoms with Crippen LogP contribution in [-0.2, 0) is 17.3 Å². The fourth-order valence-electron chi connectivity index (χ4n) is 3.62. The molecule has 0 aliphatic heterocycles. The highest BCUT2D eigenvalue weighted by atomic mass is 19.1. The topological polar surface area (TPSA) is 42.2 Å². The van der Waals surface area contributed by atoms with Crippen molar-refractivity contribution in [3.8, 4) is 0 Å². The highest BCUT2D eigenvalue weighted by Gasteiger charge is 2.43. The molecule has 4 heteroatoms. The van der Waals surface area contributed by atoms with E-state index in [0.717, 1.165) is 35.9 Å². The smallest absolute Gasteiger partial charge is 0.314 e.